The molecular formula is C24H29N3O3. The van der Waals surface area contributed by atoms with E-state index in [0.717, 1.165) is 18.5 Å². The van der Waals surface area contributed by atoms with Crippen LogP contribution in [0.1, 0.15) is 35.2 Å². The van der Waals surface area contributed by atoms with Crippen LogP contribution in [0.4, 0.5) is 5.69 Å². The zero-order chi connectivity index (χ0) is 20.8. The molecule has 0 atom stereocenters. The van der Waals surface area contributed by atoms with Gasteiger partial charge in [0, 0.05) is 36.3 Å². The molecule has 2 aromatic carbocycles. The molecule has 2 aliphatic rings. The van der Waals surface area contributed by atoms with E-state index >= 15 is 0 Å². The zero-order valence-electron chi connectivity index (χ0n) is 17.2. The molecule has 1 aliphatic carbocycles. The minimum Gasteiger partial charge on any atom is -0.378 e. The van der Waals surface area contributed by atoms with Crippen LogP contribution in [-0.2, 0) is 14.9 Å². The summed E-state index contributed by atoms with van der Waals surface area (Å²) in [6, 6.07) is 17.8. The molecule has 0 bridgehead atoms. The van der Waals surface area contributed by atoms with Crippen molar-refractivity contribution in [2.24, 2.45) is 0 Å². The van der Waals surface area contributed by atoms with Gasteiger partial charge in [0.1, 0.15) is 0 Å². The molecule has 2 fully saturated rings. The van der Waals surface area contributed by atoms with Crippen molar-refractivity contribution in [1.82, 2.24) is 10.2 Å². The highest BCUT2D eigenvalue weighted by Crippen LogP contribution is 2.43. The van der Waals surface area contributed by atoms with Gasteiger partial charge < -0.3 is 20.3 Å². The summed E-state index contributed by atoms with van der Waals surface area (Å²) in [7, 11) is 0. The Morgan fingerprint density at radius 1 is 1.00 bits per heavy atom. The van der Waals surface area contributed by atoms with Crippen LogP contribution in [-0.4, -0.2) is 56.1 Å². The lowest BCUT2D eigenvalue weighted by molar-refractivity contribution is -0.119. The minimum absolute atomic E-state index is 0.00110. The fourth-order valence-electron chi connectivity index (χ4n) is 4.19. The van der Waals surface area contributed by atoms with Crippen LogP contribution in [0.5, 0.6) is 0 Å². The number of nitrogens with one attached hydrogen (secondary N) is 2. The van der Waals surface area contributed by atoms with E-state index in [0.29, 0.717) is 38.4 Å². The van der Waals surface area contributed by atoms with Crippen LogP contribution in [0, 0.1) is 0 Å². The number of rotatable bonds is 7. The van der Waals surface area contributed by atoms with Gasteiger partial charge in [0.05, 0.1) is 19.8 Å². The molecule has 30 heavy (non-hydrogen) atoms. The van der Waals surface area contributed by atoms with Gasteiger partial charge in [-0.3, -0.25) is 9.59 Å². The number of hydrogen-bond donors (Lipinski definition) is 2. The third-order valence-electron chi connectivity index (χ3n) is 6.18. The Balaban J connectivity index is 1.29. The summed E-state index contributed by atoms with van der Waals surface area (Å²) in [4.78, 5) is 26.9. The molecule has 158 valence electrons. The molecule has 0 unspecified atom stereocenters. The molecule has 1 aliphatic heterocycles. The van der Waals surface area contributed by atoms with Crippen LogP contribution < -0.4 is 10.6 Å². The summed E-state index contributed by atoms with van der Waals surface area (Å²) < 4.78 is 5.31. The highest BCUT2D eigenvalue weighted by atomic mass is 16.5. The number of benzene rings is 2. The molecule has 2 N–H and O–H groups in total. The van der Waals surface area contributed by atoms with Gasteiger partial charge in [-0.05, 0) is 36.6 Å². The second-order valence-corrected chi connectivity index (χ2v) is 8.12. The Labute approximate surface area is 177 Å². The molecule has 0 aromatic heterocycles. The smallest absolute Gasteiger partial charge is 0.254 e. The van der Waals surface area contributed by atoms with Crippen molar-refractivity contribution in [3.05, 3.63) is 65.7 Å². The van der Waals surface area contributed by atoms with Gasteiger partial charge in [0.25, 0.3) is 5.91 Å². The Kier molecular flexibility index (Phi) is 6.33. The lowest BCUT2D eigenvalue weighted by atomic mass is 9.64. The molecule has 6 heteroatoms. The number of nitrogens with zero attached hydrogens (tertiary/aromatic N) is 1. The van der Waals surface area contributed by atoms with Crippen molar-refractivity contribution in [1.29, 1.82) is 0 Å². The lowest BCUT2D eigenvalue weighted by Crippen LogP contribution is -2.46. The summed E-state index contributed by atoms with van der Waals surface area (Å²) in [5, 5.41) is 6.24. The SMILES string of the molecule is O=C(CNc1cccc(C(=O)N2CCOCC2)c1)NCC1(c2ccccc2)CCC1. The summed E-state index contributed by atoms with van der Waals surface area (Å²) in [5.74, 6) is -0.0386. The van der Waals surface area contributed by atoms with Crippen molar-refractivity contribution in [2.45, 2.75) is 24.7 Å². The maximum Gasteiger partial charge on any atom is 0.254 e. The number of hydrogen-bond acceptors (Lipinski definition) is 4. The lowest BCUT2D eigenvalue weighted by Gasteiger charge is -2.42. The molecular weight excluding hydrogens is 378 g/mol. The Morgan fingerprint density at radius 3 is 2.47 bits per heavy atom. The Hall–Kier alpha value is -2.86. The summed E-state index contributed by atoms with van der Waals surface area (Å²) >= 11 is 0. The van der Waals surface area contributed by atoms with Crippen LogP contribution in [0.2, 0.25) is 0 Å². The number of carbonyl (C=O) groups excluding carboxylic acids is 2. The fraction of sp³-hybridized carbons (Fsp3) is 0.417. The van der Waals surface area contributed by atoms with Gasteiger partial charge in [0.2, 0.25) is 5.91 Å². The third kappa shape index (κ3) is 4.65. The van der Waals surface area contributed by atoms with Gasteiger partial charge in [-0.15, -0.1) is 0 Å². The van der Waals surface area contributed by atoms with Crippen molar-refractivity contribution in [3.8, 4) is 0 Å². The van der Waals surface area contributed by atoms with E-state index in [-0.39, 0.29) is 23.8 Å². The van der Waals surface area contributed by atoms with Gasteiger partial charge in [-0.2, -0.15) is 0 Å². The standard InChI is InChI=1S/C24H29N3O3/c28-22(26-18-24(10-5-11-24)20-7-2-1-3-8-20)17-25-21-9-4-6-19(16-21)23(29)27-12-14-30-15-13-27/h1-4,6-9,16,25H,5,10-15,17-18H2,(H,26,28). The van der Waals surface area contributed by atoms with Crippen molar-refractivity contribution >= 4 is 17.5 Å². The van der Waals surface area contributed by atoms with E-state index in [1.54, 1.807) is 4.90 Å². The van der Waals surface area contributed by atoms with Crippen LogP contribution >= 0.6 is 0 Å². The second kappa shape index (κ2) is 9.30. The average molecular weight is 408 g/mol. The highest BCUT2D eigenvalue weighted by molar-refractivity contribution is 5.95. The van der Waals surface area contributed by atoms with E-state index < -0.39 is 0 Å². The first-order valence-electron chi connectivity index (χ1n) is 10.7. The van der Waals surface area contributed by atoms with Crippen molar-refractivity contribution in [2.75, 3.05) is 44.7 Å². The molecule has 2 aromatic rings. The number of morpholine rings is 1. The topological polar surface area (TPSA) is 70.7 Å². The molecule has 6 nitrogen and oxygen atoms in total. The van der Waals surface area contributed by atoms with E-state index in [9.17, 15) is 9.59 Å². The predicted octanol–water partition coefficient (Wildman–Crippen LogP) is 2.81. The average Bonchev–Trinajstić information content (AvgIpc) is 2.78. The first-order valence-corrected chi connectivity index (χ1v) is 10.7. The second-order valence-electron chi connectivity index (χ2n) is 8.12. The molecule has 0 spiro atoms. The summed E-state index contributed by atoms with van der Waals surface area (Å²) in [6.45, 7) is 3.22. The minimum atomic E-state index is -0.0397. The van der Waals surface area contributed by atoms with Crippen LogP contribution in [0.25, 0.3) is 0 Å². The maximum atomic E-state index is 12.6. The maximum absolute atomic E-state index is 12.6. The quantitative estimate of drug-likeness (QED) is 0.741. The molecule has 1 saturated carbocycles. The van der Waals surface area contributed by atoms with E-state index in [2.05, 4.69) is 34.9 Å². The first-order chi connectivity index (χ1) is 14.7. The molecule has 0 radical (unpaired) electrons. The van der Waals surface area contributed by atoms with Crippen LogP contribution in [0.15, 0.2) is 54.6 Å². The van der Waals surface area contributed by atoms with E-state index in [1.165, 1.54) is 12.0 Å². The van der Waals surface area contributed by atoms with E-state index in [1.807, 2.05) is 30.3 Å². The largest absolute Gasteiger partial charge is 0.378 e. The molecule has 2 amide bonds. The summed E-state index contributed by atoms with van der Waals surface area (Å²) in [5.41, 5.74) is 2.77. The van der Waals surface area contributed by atoms with Gasteiger partial charge in [-0.1, -0.05) is 42.8 Å². The summed E-state index contributed by atoms with van der Waals surface area (Å²) in [6.07, 6.45) is 3.42. The zero-order valence-corrected chi connectivity index (χ0v) is 17.2. The fourth-order valence-corrected chi connectivity index (χ4v) is 4.19. The first kappa shape index (κ1) is 20.4. The normalized spacial score (nSPS) is 17.7. The molecule has 4 rings (SSSR count). The molecule has 1 heterocycles. The highest BCUT2D eigenvalue weighted by Gasteiger charge is 2.38. The number of ether oxygens (including phenoxy) is 1. The number of anilines is 1. The van der Waals surface area contributed by atoms with Gasteiger partial charge in [0.15, 0.2) is 0 Å². The number of carbonyl (C=O) groups is 2. The molecule has 1 saturated heterocycles. The van der Waals surface area contributed by atoms with Crippen molar-refractivity contribution < 1.29 is 14.3 Å². The monoisotopic (exact) mass is 407 g/mol. The van der Waals surface area contributed by atoms with E-state index in [4.69, 9.17) is 4.74 Å². The van der Waals surface area contributed by atoms with Gasteiger partial charge >= 0.3 is 0 Å². The Bertz CT molecular complexity index is 874. The third-order valence-corrected chi connectivity index (χ3v) is 6.18. The van der Waals surface area contributed by atoms with Crippen LogP contribution in [0.3, 0.4) is 0 Å². The number of amides is 2. The predicted molar refractivity (Wildman–Crippen MR) is 117 cm³/mol. The van der Waals surface area contributed by atoms with Gasteiger partial charge in [-0.25, -0.2) is 0 Å². The van der Waals surface area contributed by atoms with Crippen molar-refractivity contribution in [3.63, 3.8) is 0 Å². The Morgan fingerprint density at radius 2 is 1.77 bits per heavy atom.